The Hall–Kier alpha value is -1.35. The Balaban J connectivity index is 1.33. The number of carbonyl (C=O) groups excluding carboxylic acids is 1. The Morgan fingerprint density at radius 1 is 0.966 bits per heavy atom. The second-order valence-electron chi connectivity index (χ2n) is 10.9. The van der Waals surface area contributed by atoms with Gasteiger partial charge in [0.2, 0.25) is 5.91 Å². The average Bonchev–Trinajstić information content (AvgIpc) is 3.07. The number of carbonyl (C=O) groups is 1. The summed E-state index contributed by atoms with van der Waals surface area (Å²) in [5.41, 5.74) is 1.93. The van der Waals surface area contributed by atoms with Gasteiger partial charge in [0.05, 0.1) is 12.7 Å². The standard InChI is InChI=1S/C26H37NO2/c1-25-16-14-24(28)27(3)22(25)11-9-19-20-10-12-23(26(20,2)15-13-21(19)25)29-17-18-7-5-4-6-8-18/h4-8,19-23H,9-17H2,1-3H3/t19-,20-,21-,22+,23-,25+,26-/m0/s1. The van der Waals surface area contributed by atoms with Crippen molar-refractivity contribution in [2.24, 2.45) is 28.6 Å². The van der Waals surface area contributed by atoms with Gasteiger partial charge in [0.15, 0.2) is 0 Å². The molecule has 0 aromatic heterocycles. The number of likely N-dealkylation sites (tertiary alicyclic amines) is 1. The number of hydrogen-bond donors (Lipinski definition) is 0. The first-order valence-electron chi connectivity index (χ1n) is 11.8. The molecule has 29 heavy (non-hydrogen) atoms. The van der Waals surface area contributed by atoms with Gasteiger partial charge in [-0.05, 0) is 79.1 Å². The predicted molar refractivity (Wildman–Crippen MR) is 115 cm³/mol. The molecule has 1 aromatic carbocycles. The molecule has 5 rings (SSSR count). The van der Waals surface area contributed by atoms with Gasteiger partial charge >= 0.3 is 0 Å². The van der Waals surface area contributed by atoms with E-state index >= 15 is 0 Å². The van der Waals surface area contributed by atoms with Gasteiger partial charge in [0.1, 0.15) is 0 Å². The quantitative estimate of drug-likeness (QED) is 0.682. The summed E-state index contributed by atoms with van der Waals surface area (Å²) in [7, 11) is 2.06. The van der Waals surface area contributed by atoms with Crippen molar-refractivity contribution in [1.82, 2.24) is 4.90 Å². The van der Waals surface area contributed by atoms with Crippen LogP contribution >= 0.6 is 0 Å². The fourth-order valence-corrected chi connectivity index (χ4v) is 8.15. The van der Waals surface area contributed by atoms with Crippen LogP contribution in [0.25, 0.3) is 0 Å². The van der Waals surface area contributed by atoms with E-state index in [1.807, 2.05) is 0 Å². The summed E-state index contributed by atoms with van der Waals surface area (Å²) in [4.78, 5) is 14.4. The molecule has 3 aliphatic carbocycles. The first kappa shape index (κ1) is 19.6. The van der Waals surface area contributed by atoms with Gasteiger partial charge in [-0.2, -0.15) is 0 Å². The van der Waals surface area contributed by atoms with Crippen molar-refractivity contribution in [2.75, 3.05) is 7.05 Å². The fraction of sp³-hybridized carbons (Fsp3) is 0.731. The van der Waals surface area contributed by atoms with Crippen LogP contribution in [0.4, 0.5) is 0 Å². The zero-order valence-corrected chi connectivity index (χ0v) is 18.4. The van der Waals surface area contributed by atoms with E-state index in [4.69, 9.17) is 4.74 Å². The Kier molecular flexibility index (Phi) is 4.81. The lowest BCUT2D eigenvalue weighted by atomic mass is 9.47. The molecule has 7 atom stereocenters. The molecule has 0 spiro atoms. The lowest BCUT2D eigenvalue weighted by molar-refractivity contribution is -0.162. The summed E-state index contributed by atoms with van der Waals surface area (Å²) in [6.45, 7) is 5.79. The Morgan fingerprint density at radius 3 is 2.52 bits per heavy atom. The lowest BCUT2D eigenvalue weighted by Gasteiger charge is -2.61. The van der Waals surface area contributed by atoms with Gasteiger partial charge < -0.3 is 9.64 Å². The third-order valence-corrected chi connectivity index (χ3v) is 9.76. The minimum absolute atomic E-state index is 0.315. The van der Waals surface area contributed by atoms with Crippen molar-refractivity contribution in [3.8, 4) is 0 Å². The molecule has 158 valence electrons. The minimum atomic E-state index is 0.315. The number of ether oxygens (including phenoxy) is 1. The maximum atomic E-state index is 12.3. The van der Waals surface area contributed by atoms with Crippen molar-refractivity contribution in [3.05, 3.63) is 35.9 Å². The van der Waals surface area contributed by atoms with Crippen molar-refractivity contribution in [1.29, 1.82) is 0 Å². The van der Waals surface area contributed by atoms with Gasteiger partial charge in [0, 0.05) is 19.5 Å². The number of rotatable bonds is 3. The van der Waals surface area contributed by atoms with Crippen LogP contribution in [0.5, 0.6) is 0 Å². The van der Waals surface area contributed by atoms with Gasteiger partial charge in [-0.1, -0.05) is 44.2 Å². The van der Waals surface area contributed by atoms with E-state index < -0.39 is 0 Å². The largest absolute Gasteiger partial charge is 0.373 e. The third kappa shape index (κ3) is 2.99. The van der Waals surface area contributed by atoms with Crippen LogP contribution in [0, 0.1) is 28.6 Å². The highest BCUT2D eigenvalue weighted by Gasteiger charge is 2.61. The molecule has 0 unspecified atom stereocenters. The van der Waals surface area contributed by atoms with E-state index in [9.17, 15) is 4.79 Å². The van der Waals surface area contributed by atoms with Crippen LogP contribution in [0.15, 0.2) is 30.3 Å². The normalized spacial score (nSPS) is 44.2. The molecule has 4 aliphatic rings. The van der Waals surface area contributed by atoms with Gasteiger partial charge in [-0.3, -0.25) is 4.79 Å². The van der Waals surface area contributed by atoms with Crippen LogP contribution in [0.2, 0.25) is 0 Å². The van der Waals surface area contributed by atoms with E-state index in [2.05, 4.69) is 56.1 Å². The molecule has 3 saturated carbocycles. The predicted octanol–water partition coefficient (Wildman–Crippen LogP) is 5.44. The number of fused-ring (bicyclic) bond motifs is 5. The van der Waals surface area contributed by atoms with Crippen molar-refractivity contribution in [2.45, 2.75) is 84.0 Å². The van der Waals surface area contributed by atoms with Gasteiger partial charge in [-0.15, -0.1) is 0 Å². The van der Waals surface area contributed by atoms with Crippen LogP contribution in [0.3, 0.4) is 0 Å². The number of benzene rings is 1. The van der Waals surface area contributed by atoms with Gasteiger partial charge in [0.25, 0.3) is 0 Å². The number of amides is 1. The molecule has 4 fully saturated rings. The maximum absolute atomic E-state index is 12.3. The topological polar surface area (TPSA) is 29.5 Å². The first-order valence-corrected chi connectivity index (χ1v) is 11.8. The third-order valence-electron chi connectivity index (χ3n) is 9.76. The molecule has 0 N–H and O–H groups in total. The molecule has 3 nitrogen and oxygen atoms in total. The lowest BCUT2D eigenvalue weighted by Crippen LogP contribution is -2.61. The second kappa shape index (κ2) is 7.11. The summed E-state index contributed by atoms with van der Waals surface area (Å²) >= 11 is 0. The highest BCUT2D eigenvalue weighted by atomic mass is 16.5. The SMILES string of the molecule is CN1C(=O)CC[C@]2(C)[C@H]3CC[C@]4(C)[C@@H](OCc5ccccc5)CC[C@H]4[C@@H]3CC[C@@H]12. The number of piperidine rings is 1. The van der Waals surface area contributed by atoms with Gasteiger partial charge in [-0.25, -0.2) is 0 Å². The van der Waals surface area contributed by atoms with E-state index in [1.165, 1.54) is 44.1 Å². The molecule has 1 aliphatic heterocycles. The number of hydrogen-bond acceptors (Lipinski definition) is 2. The summed E-state index contributed by atoms with van der Waals surface area (Å²) in [6.07, 6.45) is 9.89. The maximum Gasteiger partial charge on any atom is 0.222 e. The van der Waals surface area contributed by atoms with E-state index in [0.29, 0.717) is 28.9 Å². The second-order valence-corrected chi connectivity index (χ2v) is 10.9. The summed E-state index contributed by atoms with van der Waals surface area (Å²) < 4.78 is 6.55. The Morgan fingerprint density at radius 2 is 1.72 bits per heavy atom. The van der Waals surface area contributed by atoms with E-state index in [-0.39, 0.29) is 0 Å². The molecule has 0 radical (unpaired) electrons. The molecule has 1 amide bonds. The molecule has 1 aromatic rings. The summed E-state index contributed by atoms with van der Waals surface area (Å²) in [5.74, 6) is 2.76. The highest BCUT2D eigenvalue weighted by Crippen LogP contribution is 2.65. The molecule has 1 heterocycles. The van der Waals surface area contributed by atoms with E-state index in [0.717, 1.165) is 37.2 Å². The highest BCUT2D eigenvalue weighted by molar-refractivity contribution is 5.77. The van der Waals surface area contributed by atoms with Crippen LogP contribution in [-0.4, -0.2) is 30.0 Å². The summed E-state index contributed by atoms with van der Waals surface area (Å²) in [6, 6.07) is 11.1. The van der Waals surface area contributed by atoms with E-state index in [1.54, 1.807) is 0 Å². The molecular weight excluding hydrogens is 358 g/mol. The average molecular weight is 396 g/mol. The zero-order chi connectivity index (χ0) is 20.2. The van der Waals surface area contributed by atoms with Crippen molar-refractivity contribution >= 4 is 5.91 Å². The molecular formula is C26H37NO2. The minimum Gasteiger partial charge on any atom is -0.373 e. The van der Waals surface area contributed by atoms with Crippen LogP contribution < -0.4 is 0 Å². The summed E-state index contributed by atoms with van der Waals surface area (Å²) in [5, 5.41) is 0. The molecule has 3 heteroatoms. The van der Waals surface area contributed by atoms with Crippen molar-refractivity contribution in [3.63, 3.8) is 0 Å². The number of nitrogens with zero attached hydrogens (tertiary/aromatic N) is 1. The monoisotopic (exact) mass is 395 g/mol. The Bertz CT molecular complexity index is 763. The fourth-order valence-electron chi connectivity index (χ4n) is 8.15. The zero-order valence-electron chi connectivity index (χ0n) is 18.4. The first-order chi connectivity index (χ1) is 13.9. The molecule has 1 saturated heterocycles. The molecule has 0 bridgehead atoms. The van der Waals surface area contributed by atoms with Crippen molar-refractivity contribution < 1.29 is 9.53 Å². The smallest absolute Gasteiger partial charge is 0.222 e. The Labute approximate surface area is 176 Å². The van der Waals surface area contributed by atoms with Crippen LogP contribution in [0.1, 0.15) is 70.8 Å². The van der Waals surface area contributed by atoms with Crippen LogP contribution in [-0.2, 0) is 16.1 Å².